The molecule has 1 aromatic carbocycles. The fourth-order valence-corrected chi connectivity index (χ4v) is 3.15. The van der Waals surface area contributed by atoms with Gasteiger partial charge in [-0.2, -0.15) is 0 Å². The van der Waals surface area contributed by atoms with Crippen LogP contribution in [0.1, 0.15) is 50.3 Å². The second-order valence-electron chi connectivity index (χ2n) is 6.17. The molecule has 1 aliphatic heterocycles. The van der Waals surface area contributed by atoms with E-state index in [-0.39, 0.29) is 5.54 Å². The predicted molar refractivity (Wildman–Crippen MR) is 76.5 cm³/mol. The van der Waals surface area contributed by atoms with Crippen molar-refractivity contribution in [3.05, 3.63) is 28.8 Å². The van der Waals surface area contributed by atoms with Gasteiger partial charge in [0, 0.05) is 16.7 Å². The quantitative estimate of drug-likeness (QED) is 0.897. The largest absolute Gasteiger partial charge is 0.496 e. The number of methoxy groups -OCH3 is 1. The molecule has 19 heavy (non-hydrogen) atoms. The second kappa shape index (κ2) is 4.78. The summed E-state index contributed by atoms with van der Waals surface area (Å²) in [7, 11) is 1.63. The van der Waals surface area contributed by atoms with Crippen molar-refractivity contribution in [1.82, 2.24) is 5.32 Å². The van der Waals surface area contributed by atoms with Crippen LogP contribution in [-0.4, -0.2) is 13.7 Å². The molecule has 0 aliphatic carbocycles. The van der Waals surface area contributed by atoms with E-state index < -0.39 is 5.67 Å². The molecular formula is C16H24FNO. The fourth-order valence-electron chi connectivity index (χ4n) is 3.15. The summed E-state index contributed by atoms with van der Waals surface area (Å²) in [4.78, 5) is 0. The highest BCUT2D eigenvalue weighted by molar-refractivity contribution is 5.52. The third-order valence-corrected chi connectivity index (χ3v) is 4.13. The molecular weight excluding hydrogens is 241 g/mol. The maximum absolute atomic E-state index is 14.4. The summed E-state index contributed by atoms with van der Waals surface area (Å²) in [5.74, 6) is 0.699. The van der Waals surface area contributed by atoms with Crippen molar-refractivity contribution in [3.63, 3.8) is 0 Å². The van der Waals surface area contributed by atoms with Crippen molar-refractivity contribution < 1.29 is 9.13 Å². The van der Waals surface area contributed by atoms with E-state index in [0.717, 1.165) is 30.5 Å². The minimum atomic E-state index is -1.40. The van der Waals surface area contributed by atoms with Gasteiger partial charge in [-0.25, -0.2) is 4.39 Å². The zero-order chi connectivity index (χ0) is 14.3. The number of alkyl halides is 1. The van der Waals surface area contributed by atoms with Crippen molar-refractivity contribution in [3.8, 4) is 5.75 Å². The zero-order valence-corrected chi connectivity index (χ0v) is 12.6. The summed E-state index contributed by atoms with van der Waals surface area (Å²) >= 11 is 0. The molecule has 0 aromatic heterocycles. The molecule has 2 rings (SSSR count). The van der Waals surface area contributed by atoms with Crippen molar-refractivity contribution in [2.45, 2.75) is 51.7 Å². The molecule has 0 saturated carbocycles. The van der Waals surface area contributed by atoms with E-state index in [1.165, 1.54) is 0 Å². The van der Waals surface area contributed by atoms with E-state index >= 15 is 0 Å². The van der Waals surface area contributed by atoms with Crippen LogP contribution in [0, 0.1) is 6.92 Å². The standard InChI is InChI=1S/C16H24FNO/c1-11-7-8-12(15(2,3)17)14(19-5)13(11)16(4)9-6-10-18-16/h7-8,18H,6,9-10H2,1-5H3. The summed E-state index contributed by atoms with van der Waals surface area (Å²) in [6, 6.07) is 3.84. The Kier molecular flexibility index (Phi) is 3.61. The first-order valence-electron chi connectivity index (χ1n) is 6.92. The molecule has 2 nitrogen and oxygen atoms in total. The van der Waals surface area contributed by atoms with Crippen LogP contribution in [0.5, 0.6) is 5.75 Å². The van der Waals surface area contributed by atoms with E-state index in [0.29, 0.717) is 11.3 Å². The van der Waals surface area contributed by atoms with Crippen LogP contribution >= 0.6 is 0 Å². The predicted octanol–water partition coefficient (Wildman–Crippen LogP) is 3.81. The number of hydrogen-bond donors (Lipinski definition) is 1. The van der Waals surface area contributed by atoms with Gasteiger partial charge in [0.1, 0.15) is 11.4 Å². The minimum Gasteiger partial charge on any atom is -0.496 e. The Bertz CT molecular complexity index is 470. The molecule has 1 atom stereocenters. The number of halogens is 1. The molecule has 1 fully saturated rings. The van der Waals surface area contributed by atoms with Crippen molar-refractivity contribution in [1.29, 1.82) is 0 Å². The summed E-state index contributed by atoms with van der Waals surface area (Å²) in [6.07, 6.45) is 2.20. The number of rotatable bonds is 3. The van der Waals surface area contributed by atoms with Gasteiger partial charge in [0.25, 0.3) is 0 Å². The molecule has 0 bridgehead atoms. The average Bonchev–Trinajstić information content (AvgIpc) is 2.74. The van der Waals surface area contributed by atoms with Crippen LogP contribution in [0.2, 0.25) is 0 Å². The Morgan fingerprint density at radius 3 is 2.53 bits per heavy atom. The highest BCUT2D eigenvalue weighted by atomic mass is 19.1. The molecule has 1 N–H and O–H groups in total. The van der Waals surface area contributed by atoms with Gasteiger partial charge in [0.15, 0.2) is 0 Å². The normalized spacial score (nSPS) is 23.7. The first kappa shape index (κ1) is 14.3. The minimum absolute atomic E-state index is 0.114. The Hall–Kier alpha value is -1.09. The second-order valence-corrected chi connectivity index (χ2v) is 6.17. The van der Waals surface area contributed by atoms with Gasteiger partial charge >= 0.3 is 0 Å². The van der Waals surface area contributed by atoms with Gasteiger partial charge in [-0.1, -0.05) is 12.1 Å². The lowest BCUT2D eigenvalue weighted by molar-refractivity contribution is 0.212. The Labute approximate surface area is 115 Å². The summed E-state index contributed by atoms with van der Waals surface area (Å²) in [5, 5.41) is 3.54. The fraction of sp³-hybridized carbons (Fsp3) is 0.625. The number of hydrogen-bond acceptors (Lipinski definition) is 2. The van der Waals surface area contributed by atoms with E-state index in [2.05, 4.69) is 19.2 Å². The van der Waals surface area contributed by atoms with E-state index in [4.69, 9.17) is 4.74 Å². The first-order chi connectivity index (χ1) is 8.79. The Morgan fingerprint density at radius 2 is 2.05 bits per heavy atom. The lowest BCUT2D eigenvalue weighted by Crippen LogP contribution is -2.35. The zero-order valence-electron chi connectivity index (χ0n) is 12.6. The average molecular weight is 265 g/mol. The van der Waals surface area contributed by atoms with Crippen LogP contribution in [0.3, 0.4) is 0 Å². The van der Waals surface area contributed by atoms with Crippen molar-refractivity contribution >= 4 is 0 Å². The molecule has 0 spiro atoms. The summed E-state index contributed by atoms with van der Waals surface area (Å²) in [6.45, 7) is 8.41. The molecule has 3 heteroatoms. The smallest absolute Gasteiger partial charge is 0.134 e. The third-order valence-electron chi connectivity index (χ3n) is 4.13. The van der Waals surface area contributed by atoms with Gasteiger partial charge in [-0.3, -0.25) is 0 Å². The molecule has 1 aliphatic rings. The Balaban J connectivity index is 2.65. The van der Waals surface area contributed by atoms with Crippen LogP contribution < -0.4 is 10.1 Å². The number of aryl methyl sites for hydroxylation is 1. The molecule has 106 valence electrons. The van der Waals surface area contributed by atoms with E-state index in [1.807, 2.05) is 12.1 Å². The number of benzene rings is 1. The van der Waals surface area contributed by atoms with Crippen LogP contribution in [-0.2, 0) is 11.2 Å². The lowest BCUT2D eigenvalue weighted by Gasteiger charge is -2.31. The summed E-state index contributed by atoms with van der Waals surface area (Å²) in [5.41, 5.74) is 1.38. The monoisotopic (exact) mass is 265 g/mol. The van der Waals surface area contributed by atoms with Crippen molar-refractivity contribution in [2.24, 2.45) is 0 Å². The molecule has 1 unspecified atom stereocenters. The lowest BCUT2D eigenvalue weighted by atomic mass is 9.83. The van der Waals surface area contributed by atoms with Crippen LogP contribution in [0.15, 0.2) is 12.1 Å². The molecule has 0 amide bonds. The van der Waals surface area contributed by atoms with Gasteiger partial charge in [0.05, 0.1) is 7.11 Å². The first-order valence-corrected chi connectivity index (χ1v) is 6.92. The molecule has 1 saturated heterocycles. The number of ether oxygens (including phenoxy) is 1. The van der Waals surface area contributed by atoms with Crippen LogP contribution in [0.4, 0.5) is 4.39 Å². The van der Waals surface area contributed by atoms with Gasteiger partial charge < -0.3 is 10.1 Å². The SMILES string of the molecule is COc1c(C(C)(C)F)ccc(C)c1C1(C)CCCN1. The highest BCUT2D eigenvalue weighted by Gasteiger charge is 2.37. The third kappa shape index (κ3) is 2.48. The molecule has 1 heterocycles. The van der Waals surface area contributed by atoms with Gasteiger partial charge in [-0.15, -0.1) is 0 Å². The summed E-state index contributed by atoms with van der Waals surface area (Å²) < 4.78 is 20.0. The highest BCUT2D eigenvalue weighted by Crippen LogP contribution is 2.44. The number of nitrogens with one attached hydrogen (secondary N) is 1. The molecule has 1 aromatic rings. The van der Waals surface area contributed by atoms with Gasteiger partial charge in [0.2, 0.25) is 0 Å². The van der Waals surface area contributed by atoms with Crippen LogP contribution in [0.25, 0.3) is 0 Å². The van der Waals surface area contributed by atoms with Crippen molar-refractivity contribution in [2.75, 3.05) is 13.7 Å². The topological polar surface area (TPSA) is 21.3 Å². The maximum Gasteiger partial charge on any atom is 0.134 e. The maximum atomic E-state index is 14.4. The van der Waals surface area contributed by atoms with Gasteiger partial charge in [-0.05, 0) is 52.6 Å². The van der Waals surface area contributed by atoms with E-state index in [9.17, 15) is 4.39 Å². The molecule has 0 radical (unpaired) electrons. The Morgan fingerprint density at radius 1 is 1.37 bits per heavy atom. The van der Waals surface area contributed by atoms with E-state index in [1.54, 1.807) is 21.0 Å².